The van der Waals surface area contributed by atoms with Crippen molar-refractivity contribution in [2.24, 2.45) is 0 Å². The van der Waals surface area contributed by atoms with Crippen molar-refractivity contribution in [1.29, 1.82) is 0 Å². The van der Waals surface area contributed by atoms with Gasteiger partial charge in [0.1, 0.15) is 0 Å². The van der Waals surface area contributed by atoms with Gasteiger partial charge in [-0.05, 0) is 0 Å². The molecule has 134 valence electrons. The standard InChI is InChI=1S/C25H23PS/c1-26(22-14-6-2-7-15-22,23-16-8-3-9-17-23,24-18-10-4-11-19-24)27-25-20-12-5-13-21-25/h2-21H,1H3. The monoisotopic (exact) mass is 386 g/mol. The predicted octanol–water partition coefficient (Wildman–Crippen LogP) is 5.85. The summed E-state index contributed by atoms with van der Waals surface area (Å²) in [6, 6.07) is 43.9. The Bertz CT molecular complexity index is 900. The fourth-order valence-corrected chi connectivity index (χ4v) is 12.4. The molecule has 4 aromatic rings. The number of hydrogen-bond acceptors (Lipinski definition) is 1. The molecule has 2 heteroatoms. The van der Waals surface area contributed by atoms with Crippen molar-refractivity contribution in [3.05, 3.63) is 121 Å². The average Bonchev–Trinajstić information content (AvgIpc) is 2.76. The molecule has 0 atom stereocenters. The normalized spacial score (nSPS) is 12.9. The molecule has 0 bridgehead atoms. The quantitative estimate of drug-likeness (QED) is 0.388. The minimum atomic E-state index is -2.76. The van der Waals surface area contributed by atoms with Crippen LogP contribution in [0.25, 0.3) is 0 Å². The Hall–Kier alpha value is -2.34. The minimum absolute atomic E-state index is 1.30. The van der Waals surface area contributed by atoms with Gasteiger partial charge in [-0.25, -0.2) is 0 Å². The van der Waals surface area contributed by atoms with E-state index in [0.29, 0.717) is 0 Å². The van der Waals surface area contributed by atoms with Crippen LogP contribution >= 0.6 is 17.2 Å². The van der Waals surface area contributed by atoms with E-state index >= 15 is 0 Å². The molecule has 0 N–H and O–H groups in total. The van der Waals surface area contributed by atoms with Gasteiger partial charge in [-0.3, -0.25) is 0 Å². The Kier molecular flexibility index (Phi) is 4.91. The van der Waals surface area contributed by atoms with Crippen LogP contribution in [-0.2, 0) is 0 Å². The fourth-order valence-electron chi connectivity index (χ4n) is 3.71. The van der Waals surface area contributed by atoms with E-state index in [1.165, 1.54) is 20.8 Å². The molecule has 0 aromatic heterocycles. The van der Waals surface area contributed by atoms with Crippen molar-refractivity contribution in [2.45, 2.75) is 4.90 Å². The molecule has 0 aliphatic rings. The second-order valence-corrected chi connectivity index (χ2v) is 15.3. The van der Waals surface area contributed by atoms with Gasteiger partial charge >= 0.3 is 166 Å². The van der Waals surface area contributed by atoms with Crippen LogP contribution in [0.5, 0.6) is 0 Å². The first-order chi connectivity index (χ1) is 13.2. The Labute approximate surface area is 166 Å². The van der Waals surface area contributed by atoms with Crippen LogP contribution in [0.15, 0.2) is 126 Å². The molecule has 0 unspecified atom stereocenters. The molecule has 27 heavy (non-hydrogen) atoms. The second kappa shape index (κ2) is 7.35. The van der Waals surface area contributed by atoms with Crippen LogP contribution in [0.3, 0.4) is 0 Å². The molecule has 0 radical (unpaired) electrons. The molecule has 0 saturated heterocycles. The zero-order valence-corrected chi connectivity index (χ0v) is 17.1. The van der Waals surface area contributed by atoms with Gasteiger partial charge in [-0.1, -0.05) is 0 Å². The van der Waals surface area contributed by atoms with E-state index < -0.39 is 5.81 Å². The Morgan fingerprint density at radius 1 is 0.444 bits per heavy atom. The average molecular weight is 387 g/mol. The Balaban J connectivity index is 2.09. The van der Waals surface area contributed by atoms with E-state index in [0.717, 1.165) is 0 Å². The van der Waals surface area contributed by atoms with Crippen LogP contribution in [0.1, 0.15) is 0 Å². The molecule has 0 nitrogen and oxygen atoms in total. The van der Waals surface area contributed by atoms with Crippen molar-refractivity contribution in [2.75, 3.05) is 6.66 Å². The van der Waals surface area contributed by atoms with Crippen molar-refractivity contribution < 1.29 is 0 Å². The molecule has 0 aliphatic carbocycles. The Morgan fingerprint density at radius 3 is 1.07 bits per heavy atom. The molecule has 0 amide bonds. The van der Waals surface area contributed by atoms with Gasteiger partial charge in [0.05, 0.1) is 0 Å². The summed E-state index contributed by atoms with van der Waals surface area (Å²) in [7, 11) is 0. The third kappa shape index (κ3) is 3.12. The summed E-state index contributed by atoms with van der Waals surface area (Å²) in [6.45, 7) is 2.49. The van der Waals surface area contributed by atoms with Gasteiger partial charge in [0.15, 0.2) is 0 Å². The summed E-state index contributed by atoms with van der Waals surface area (Å²) in [4.78, 5) is 1.30. The van der Waals surface area contributed by atoms with Crippen molar-refractivity contribution in [1.82, 2.24) is 0 Å². The van der Waals surface area contributed by atoms with Gasteiger partial charge in [0.25, 0.3) is 0 Å². The first kappa shape index (κ1) is 18.0. The van der Waals surface area contributed by atoms with Gasteiger partial charge in [0, 0.05) is 0 Å². The maximum atomic E-state index is 2.49. The predicted molar refractivity (Wildman–Crippen MR) is 123 cm³/mol. The van der Waals surface area contributed by atoms with E-state index in [-0.39, 0.29) is 0 Å². The molecule has 0 saturated carbocycles. The van der Waals surface area contributed by atoms with Gasteiger partial charge in [-0.2, -0.15) is 0 Å². The van der Waals surface area contributed by atoms with Gasteiger partial charge in [-0.15, -0.1) is 0 Å². The summed E-state index contributed by atoms with van der Waals surface area (Å²) in [6.07, 6.45) is 0. The SMILES string of the molecule is CP(Sc1ccccc1)(c1ccccc1)(c1ccccc1)c1ccccc1. The fraction of sp³-hybridized carbons (Fsp3) is 0.0400. The van der Waals surface area contributed by atoms with E-state index in [1.807, 2.05) is 11.4 Å². The van der Waals surface area contributed by atoms with Crippen LogP contribution in [0, 0.1) is 0 Å². The first-order valence-electron chi connectivity index (χ1n) is 9.15. The Morgan fingerprint density at radius 2 is 0.741 bits per heavy atom. The molecule has 4 aromatic carbocycles. The molecule has 0 heterocycles. The van der Waals surface area contributed by atoms with E-state index in [4.69, 9.17) is 0 Å². The van der Waals surface area contributed by atoms with Crippen molar-refractivity contribution in [3.8, 4) is 0 Å². The van der Waals surface area contributed by atoms with Gasteiger partial charge < -0.3 is 0 Å². The summed E-state index contributed by atoms with van der Waals surface area (Å²) < 4.78 is 0. The van der Waals surface area contributed by atoms with E-state index in [9.17, 15) is 0 Å². The molecular formula is C25H23PS. The summed E-state index contributed by atoms with van der Waals surface area (Å²) >= 11 is 2.03. The molecule has 0 fully saturated rings. The van der Waals surface area contributed by atoms with Crippen LogP contribution in [0.4, 0.5) is 0 Å². The summed E-state index contributed by atoms with van der Waals surface area (Å²) in [5, 5.41) is 4.19. The number of benzene rings is 4. The second-order valence-electron chi connectivity index (χ2n) is 6.87. The zero-order chi connectivity index (χ0) is 18.6. The zero-order valence-electron chi connectivity index (χ0n) is 15.4. The topological polar surface area (TPSA) is 0 Å². The number of hydrogen-bond donors (Lipinski definition) is 0. The van der Waals surface area contributed by atoms with Crippen molar-refractivity contribution >= 4 is 33.1 Å². The first-order valence-corrected chi connectivity index (χ1v) is 13.3. The summed E-state index contributed by atoms with van der Waals surface area (Å²) in [5.74, 6) is -2.76. The number of rotatable bonds is 5. The van der Waals surface area contributed by atoms with Crippen LogP contribution < -0.4 is 15.9 Å². The maximum absolute atomic E-state index is 2.76. The molecule has 0 spiro atoms. The van der Waals surface area contributed by atoms with Crippen molar-refractivity contribution in [3.63, 3.8) is 0 Å². The molecular weight excluding hydrogens is 363 g/mol. The van der Waals surface area contributed by atoms with E-state index in [1.54, 1.807) is 0 Å². The van der Waals surface area contributed by atoms with Crippen LogP contribution in [-0.4, -0.2) is 6.66 Å². The van der Waals surface area contributed by atoms with Crippen LogP contribution in [0.2, 0.25) is 0 Å². The van der Waals surface area contributed by atoms with E-state index in [2.05, 4.69) is 128 Å². The molecule has 0 aliphatic heterocycles. The third-order valence-electron chi connectivity index (χ3n) is 5.21. The molecule has 4 rings (SSSR count). The van der Waals surface area contributed by atoms with Gasteiger partial charge in [0.2, 0.25) is 0 Å². The summed E-state index contributed by atoms with van der Waals surface area (Å²) in [5.41, 5.74) is 0. The third-order valence-corrected chi connectivity index (χ3v) is 14.7.